The molecule has 0 radical (unpaired) electrons. The van der Waals surface area contributed by atoms with Gasteiger partial charge in [0.2, 0.25) is 0 Å². The summed E-state index contributed by atoms with van der Waals surface area (Å²) in [7, 11) is 0. The van der Waals surface area contributed by atoms with Gasteiger partial charge in [0.1, 0.15) is 6.54 Å². The van der Waals surface area contributed by atoms with Crippen LogP contribution in [0.2, 0.25) is 0 Å². The molecule has 0 unspecified atom stereocenters. The number of amides is 1. The van der Waals surface area contributed by atoms with Crippen LogP contribution in [0.15, 0.2) is 41.4 Å². The minimum Gasteiger partial charge on any atom is -0.465 e. The number of para-hydroxylation sites is 1. The van der Waals surface area contributed by atoms with E-state index >= 15 is 0 Å². The number of aromatic nitrogens is 1. The van der Waals surface area contributed by atoms with Crippen molar-refractivity contribution in [1.29, 1.82) is 0 Å². The molecular weight excluding hydrogens is 344 g/mol. The molecule has 1 aromatic carbocycles. The lowest BCUT2D eigenvalue weighted by Crippen LogP contribution is -2.23. The molecule has 0 bridgehead atoms. The van der Waals surface area contributed by atoms with Crippen LogP contribution in [-0.4, -0.2) is 23.1 Å². The third kappa shape index (κ3) is 3.47. The van der Waals surface area contributed by atoms with Crippen molar-refractivity contribution in [3.05, 3.63) is 51.0 Å². The molecule has 0 atom stereocenters. The highest BCUT2D eigenvalue weighted by Crippen LogP contribution is 2.18. The molecule has 0 aliphatic heterocycles. The zero-order chi connectivity index (χ0) is 17.1. The topological polar surface area (TPSA) is 60.7 Å². The molecule has 2 heterocycles. The fraction of sp³-hybridized carbons (Fsp3) is 0.235. The highest BCUT2D eigenvalue weighted by Gasteiger charge is 2.13. The van der Waals surface area contributed by atoms with Crippen LogP contribution in [-0.2, 0) is 16.1 Å². The summed E-state index contributed by atoms with van der Waals surface area (Å²) in [6, 6.07) is 11.3. The SMILES string of the molecule is CCOC(=O)Cn1/c(=N\C(=O)c2ccc(C)s2)sc2ccccc21. The van der Waals surface area contributed by atoms with Crippen LogP contribution in [0.25, 0.3) is 10.2 Å². The number of carbonyl (C=O) groups is 2. The number of carbonyl (C=O) groups excluding carboxylic acids is 2. The normalized spacial score (nSPS) is 11.8. The molecule has 124 valence electrons. The molecule has 2 aromatic heterocycles. The van der Waals surface area contributed by atoms with E-state index in [-0.39, 0.29) is 18.4 Å². The Morgan fingerprint density at radius 2 is 1.96 bits per heavy atom. The summed E-state index contributed by atoms with van der Waals surface area (Å²) in [5.74, 6) is -0.640. The van der Waals surface area contributed by atoms with Gasteiger partial charge in [-0.1, -0.05) is 23.5 Å². The fourth-order valence-corrected chi connectivity index (χ4v) is 4.07. The van der Waals surface area contributed by atoms with Gasteiger partial charge in [-0.15, -0.1) is 11.3 Å². The average molecular weight is 360 g/mol. The zero-order valence-corrected chi connectivity index (χ0v) is 14.9. The summed E-state index contributed by atoms with van der Waals surface area (Å²) >= 11 is 2.80. The predicted molar refractivity (Wildman–Crippen MR) is 95.4 cm³/mol. The van der Waals surface area contributed by atoms with Crippen molar-refractivity contribution in [2.24, 2.45) is 4.99 Å². The molecule has 0 saturated carbocycles. The molecule has 3 rings (SSSR count). The third-order valence-electron chi connectivity index (χ3n) is 3.33. The third-order valence-corrected chi connectivity index (χ3v) is 5.38. The molecule has 3 aromatic rings. The van der Waals surface area contributed by atoms with Gasteiger partial charge in [0.15, 0.2) is 4.80 Å². The lowest BCUT2D eigenvalue weighted by molar-refractivity contribution is -0.143. The highest BCUT2D eigenvalue weighted by atomic mass is 32.1. The summed E-state index contributed by atoms with van der Waals surface area (Å²) in [4.78, 5) is 30.7. The first-order valence-electron chi connectivity index (χ1n) is 7.48. The number of aryl methyl sites for hydroxylation is 1. The van der Waals surface area contributed by atoms with Gasteiger partial charge in [0, 0.05) is 4.88 Å². The van der Waals surface area contributed by atoms with E-state index in [2.05, 4.69) is 4.99 Å². The second kappa shape index (κ2) is 7.11. The zero-order valence-electron chi connectivity index (χ0n) is 13.3. The Balaban J connectivity index is 2.07. The van der Waals surface area contributed by atoms with Crippen LogP contribution >= 0.6 is 22.7 Å². The lowest BCUT2D eigenvalue weighted by Gasteiger charge is -2.04. The summed E-state index contributed by atoms with van der Waals surface area (Å²) in [5.41, 5.74) is 0.865. The molecule has 1 amide bonds. The standard InChI is InChI=1S/C17H16N2O3S2/c1-3-22-15(20)10-19-12-6-4-5-7-13(12)24-17(19)18-16(21)14-9-8-11(2)23-14/h4-9H,3,10H2,1-2H3/b18-17+. The van der Waals surface area contributed by atoms with Crippen LogP contribution in [0.4, 0.5) is 0 Å². The van der Waals surface area contributed by atoms with Gasteiger partial charge in [-0.25, -0.2) is 0 Å². The number of ether oxygens (including phenoxy) is 1. The van der Waals surface area contributed by atoms with Gasteiger partial charge < -0.3 is 9.30 Å². The van der Waals surface area contributed by atoms with Crippen molar-refractivity contribution in [1.82, 2.24) is 4.57 Å². The van der Waals surface area contributed by atoms with Gasteiger partial charge in [-0.05, 0) is 38.1 Å². The predicted octanol–water partition coefficient (Wildman–Crippen LogP) is 3.38. The van der Waals surface area contributed by atoms with E-state index in [1.54, 1.807) is 17.6 Å². The van der Waals surface area contributed by atoms with Crippen LogP contribution < -0.4 is 4.80 Å². The summed E-state index contributed by atoms with van der Waals surface area (Å²) in [6.07, 6.45) is 0. The number of fused-ring (bicyclic) bond motifs is 1. The van der Waals surface area contributed by atoms with E-state index in [0.717, 1.165) is 15.1 Å². The number of nitrogens with zero attached hydrogens (tertiary/aromatic N) is 2. The number of thiazole rings is 1. The van der Waals surface area contributed by atoms with E-state index in [1.807, 2.05) is 37.3 Å². The molecule has 0 aliphatic rings. The van der Waals surface area contributed by atoms with Gasteiger partial charge in [0.25, 0.3) is 5.91 Å². The van der Waals surface area contributed by atoms with Gasteiger partial charge in [-0.3, -0.25) is 9.59 Å². The van der Waals surface area contributed by atoms with E-state index in [4.69, 9.17) is 4.74 Å². The first kappa shape index (κ1) is 16.6. The maximum absolute atomic E-state index is 12.4. The maximum atomic E-state index is 12.4. The average Bonchev–Trinajstić information content (AvgIpc) is 3.12. The molecule has 7 heteroatoms. The summed E-state index contributed by atoms with van der Waals surface area (Å²) < 4.78 is 7.73. The first-order valence-corrected chi connectivity index (χ1v) is 9.11. The Bertz CT molecular complexity index is 966. The van der Waals surface area contributed by atoms with Crippen molar-refractivity contribution < 1.29 is 14.3 Å². The molecule has 0 fully saturated rings. The van der Waals surface area contributed by atoms with Crippen LogP contribution in [0.1, 0.15) is 21.5 Å². The number of esters is 1. The second-order valence-electron chi connectivity index (χ2n) is 5.07. The van der Waals surface area contributed by atoms with E-state index in [1.165, 1.54) is 22.7 Å². The molecule has 0 saturated heterocycles. The summed E-state index contributed by atoms with van der Waals surface area (Å²) in [5, 5.41) is 0. The van der Waals surface area contributed by atoms with Crippen molar-refractivity contribution in [2.75, 3.05) is 6.61 Å². The van der Waals surface area contributed by atoms with Crippen LogP contribution in [0.3, 0.4) is 0 Å². The molecule has 0 spiro atoms. The Morgan fingerprint density at radius 3 is 2.67 bits per heavy atom. The van der Waals surface area contributed by atoms with Crippen molar-refractivity contribution in [2.45, 2.75) is 20.4 Å². The van der Waals surface area contributed by atoms with Crippen molar-refractivity contribution in [3.8, 4) is 0 Å². The Labute approximate surface area is 146 Å². The van der Waals surface area contributed by atoms with Crippen molar-refractivity contribution in [3.63, 3.8) is 0 Å². The van der Waals surface area contributed by atoms with Gasteiger partial charge in [-0.2, -0.15) is 4.99 Å². The monoisotopic (exact) mass is 360 g/mol. The smallest absolute Gasteiger partial charge is 0.326 e. The fourth-order valence-electron chi connectivity index (χ4n) is 2.29. The second-order valence-corrected chi connectivity index (χ2v) is 7.37. The maximum Gasteiger partial charge on any atom is 0.326 e. The van der Waals surface area contributed by atoms with E-state index in [0.29, 0.717) is 16.3 Å². The van der Waals surface area contributed by atoms with Gasteiger partial charge >= 0.3 is 5.97 Å². The Hall–Kier alpha value is -2.25. The number of rotatable bonds is 4. The van der Waals surface area contributed by atoms with Crippen molar-refractivity contribution >= 4 is 44.8 Å². The lowest BCUT2D eigenvalue weighted by atomic mass is 10.3. The molecule has 24 heavy (non-hydrogen) atoms. The quantitative estimate of drug-likeness (QED) is 0.670. The Morgan fingerprint density at radius 1 is 1.17 bits per heavy atom. The highest BCUT2D eigenvalue weighted by molar-refractivity contribution is 7.16. The molecule has 5 nitrogen and oxygen atoms in total. The minimum atomic E-state index is -0.345. The first-order chi connectivity index (χ1) is 11.6. The minimum absolute atomic E-state index is 0.0352. The van der Waals surface area contributed by atoms with Crippen LogP contribution in [0, 0.1) is 6.92 Å². The molecular formula is C17H16N2O3S2. The number of hydrogen-bond donors (Lipinski definition) is 0. The van der Waals surface area contributed by atoms with Crippen LogP contribution in [0.5, 0.6) is 0 Å². The number of benzene rings is 1. The van der Waals surface area contributed by atoms with Gasteiger partial charge in [0.05, 0.1) is 21.7 Å². The number of hydrogen-bond acceptors (Lipinski definition) is 5. The number of thiophene rings is 1. The summed E-state index contributed by atoms with van der Waals surface area (Å²) in [6.45, 7) is 4.07. The molecule has 0 N–H and O–H groups in total. The Kier molecular flexibility index (Phi) is 4.92. The van der Waals surface area contributed by atoms with E-state index in [9.17, 15) is 9.59 Å². The molecule has 0 aliphatic carbocycles. The largest absolute Gasteiger partial charge is 0.465 e. The van der Waals surface area contributed by atoms with E-state index < -0.39 is 0 Å².